The van der Waals surface area contributed by atoms with Crippen LogP contribution in [0.5, 0.6) is 0 Å². The Hall–Kier alpha value is -2.08. The Morgan fingerprint density at radius 2 is 2.00 bits per heavy atom. The van der Waals surface area contributed by atoms with Crippen molar-refractivity contribution in [2.75, 3.05) is 12.4 Å². The summed E-state index contributed by atoms with van der Waals surface area (Å²) >= 11 is 6.00. The van der Waals surface area contributed by atoms with Gasteiger partial charge in [-0.2, -0.15) is 0 Å². The molecular formula is C15H17ClN2O4. The first kappa shape index (κ1) is 16.3. The van der Waals surface area contributed by atoms with Gasteiger partial charge in [0.15, 0.2) is 0 Å². The first-order chi connectivity index (χ1) is 10.4. The summed E-state index contributed by atoms with van der Waals surface area (Å²) in [5.74, 6) is -1.62. The molecule has 0 atom stereocenters. The van der Waals surface area contributed by atoms with E-state index < -0.39 is 11.4 Å². The molecule has 1 fully saturated rings. The van der Waals surface area contributed by atoms with Crippen LogP contribution in [-0.4, -0.2) is 29.9 Å². The summed E-state index contributed by atoms with van der Waals surface area (Å²) < 4.78 is 0. The van der Waals surface area contributed by atoms with Gasteiger partial charge in [-0.3, -0.25) is 14.4 Å². The number of benzene rings is 1. The van der Waals surface area contributed by atoms with E-state index in [-0.39, 0.29) is 23.3 Å². The minimum absolute atomic E-state index is 0.0584. The number of hydrogen-bond acceptors (Lipinski definition) is 3. The highest BCUT2D eigenvalue weighted by molar-refractivity contribution is 6.34. The number of nitrogens with one attached hydrogen (secondary N) is 2. The lowest BCUT2D eigenvalue weighted by Gasteiger charge is -2.36. The molecule has 1 aromatic rings. The Bertz CT molecular complexity index is 626. The average Bonchev–Trinajstić information content (AvgIpc) is 2.41. The fraction of sp³-hybridized carbons (Fsp3) is 0.400. The van der Waals surface area contributed by atoms with Crippen LogP contribution in [0.2, 0.25) is 5.02 Å². The van der Waals surface area contributed by atoms with E-state index in [4.69, 9.17) is 11.6 Å². The van der Waals surface area contributed by atoms with Crippen LogP contribution in [-0.2, 0) is 9.59 Å². The molecule has 0 saturated heterocycles. The Morgan fingerprint density at radius 3 is 2.45 bits per heavy atom. The van der Waals surface area contributed by atoms with Gasteiger partial charge in [-0.05, 0) is 31.0 Å². The zero-order valence-corrected chi connectivity index (χ0v) is 12.9. The number of rotatable bonds is 5. The first-order valence-electron chi connectivity index (χ1n) is 6.93. The van der Waals surface area contributed by atoms with Gasteiger partial charge < -0.3 is 15.7 Å². The van der Waals surface area contributed by atoms with Crippen LogP contribution >= 0.6 is 11.6 Å². The normalized spacial score (nSPS) is 15.5. The lowest BCUT2D eigenvalue weighted by atomic mass is 9.66. The van der Waals surface area contributed by atoms with Crippen molar-refractivity contribution in [2.45, 2.75) is 25.7 Å². The maximum atomic E-state index is 12.0. The number of halogens is 1. The van der Waals surface area contributed by atoms with Crippen LogP contribution in [0.3, 0.4) is 0 Å². The molecule has 0 spiro atoms. The average molecular weight is 325 g/mol. The van der Waals surface area contributed by atoms with Crippen LogP contribution in [0.1, 0.15) is 36.0 Å². The van der Waals surface area contributed by atoms with E-state index in [0.29, 0.717) is 24.1 Å². The zero-order valence-electron chi connectivity index (χ0n) is 12.1. The third-order valence-electron chi connectivity index (χ3n) is 3.99. The topological polar surface area (TPSA) is 95.5 Å². The minimum Gasteiger partial charge on any atom is -0.481 e. The van der Waals surface area contributed by atoms with Crippen molar-refractivity contribution in [1.29, 1.82) is 0 Å². The Labute approximate surface area is 132 Å². The standard InChI is InChI=1S/C15H17ClN2O4/c1-17-13(20)10-4-3-9(7-11(10)16)18-12(19)8-15(14(21)22)5-2-6-15/h3-4,7H,2,5-6,8H2,1H3,(H,17,20)(H,18,19)(H,21,22). The van der Waals surface area contributed by atoms with Crippen LogP contribution in [0.4, 0.5) is 5.69 Å². The highest BCUT2D eigenvalue weighted by Crippen LogP contribution is 2.44. The van der Waals surface area contributed by atoms with Gasteiger partial charge in [0, 0.05) is 19.2 Å². The number of anilines is 1. The molecule has 0 aromatic heterocycles. The maximum Gasteiger partial charge on any atom is 0.310 e. The summed E-state index contributed by atoms with van der Waals surface area (Å²) in [6.07, 6.45) is 1.81. The molecule has 1 aromatic carbocycles. The molecule has 0 unspecified atom stereocenters. The molecule has 0 aliphatic heterocycles. The van der Waals surface area contributed by atoms with Crippen LogP contribution in [0, 0.1) is 5.41 Å². The molecule has 22 heavy (non-hydrogen) atoms. The number of aliphatic carboxylic acids is 1. The molecule has 118 valence electrons. The summed E-state index contributed by atoms with van der Waals surface area (Å²) in [7, 11) is 1.50. The van der Waals surface area contributed by atoms with E-state index in [0.717, 1.165) is 6.42 Å². The quantitative estimate of drug-likeness (QED) is 0.774. The van der Waals surface area contributed by atoms with Crippen LogP contribution < -0.4 is 10.6 Å². The summed E-state index contributed by atoms with van der Waals surface area (Å²) in [6.45, 7) is 0. The fourth-order valence-corrected chi connectivity index (χ4v) is 2.76. The van der Waals surface area contributed by atoms with E-state index in [1.807, 2.05) is 0 Å². The number of carbonyl (C=O) groups is 3. The predicted octanol–water partition coefficient (Wildman–Crippen LogP) is 2.28. The first-order valence-corrected chi connectivity index (χ1v) is 7.31. The van der Waals surface area contributed by atoms with E-state index in [1.165, 1.54) is 19.2 Å². The van der Waals surface area contributed by atoms with E-state index in [1.54, 1.807) is 6.07 Å². The van der Waals surface area contributed by atoms with Gasteiger partial charge in [0.25, 0.3) is 5.91 Å². The van der Waals surface area contributed by atoms with E-state index >= 15 is 0 Å². The third-order valence-corrected chi connectivity index (χ3v) is 4.30. The van der Waals surface area contributed by atoms with Gasteiger partial charge in [-0.25, -0.2) is 0 Å². The SMILES string of the molecule is CNC(=O)c1ccc(NC(=O)CC2(C(=O)O)CCC2)cc1Cl. The second-order valence-corrected chi connectivity index (χ2v) is 5.84. The number of carboxylic acids is 1. The van der Waals surface area contributed by atoms with Gasteiger partial charge in [0.2, 0.25) is 5.91 Å². The Balaban J connectivity index is 2.05. The molecule has 0 heterocycles. The maximum absolute atomic E-state index is 12.0. The molecule has 7 heteroatoms. The van der Waals surface area contributed by atoms with E-state index in [2.05, 4.69) is 10.6 Å². The molecule has 6 nitrogen and oxygen atoms in total. The number of amides is 2. The van der Waals surface area contributed by atoms with Crippen molar-refractivity contribution >= 4 is 35.1 Å². The summed E-state index contributed by atoms with van der Waals surface area (Å²) in [5.41, 5.74) is -0.193. The number of carbonyl (C=O) groups excluding carboxylic acids is 2. The van der Waals surface area contributed by atoms with Gasteiger partial charge in [0.1, 0.15) is 0 Å². The molecule has 1 aliphatic rings. The largest absolute Gasteiger partial charge is 0.481 e. The van der Waals surface area contributed by atoms with Crippen molar-refractivity contribution < 1.29 is 19.5 Å². The third kappa shape index (κ3) is 3.22. The van der Waals surface area contributed by atoms with Gasteiger partial charge in [-0.15, -0.1) is 0 Å². The van der Waals surface area contributed by atoms with Crippen molar-refractivity contribution in [3.8, 4) is 0 Å². The number of carboxylic acid groups (broad SMARTS) is 1. The molecule has 2 rings (SSSR count). The van der Waals surface area contributed by atoms with Crippen LogP contribution in [0.15, 0.2) is 18.2 Å². The molecule has 3 N–H and O–H groups in total. The van der Waals surface area contributed by atoms with Crippen molar-refractivity contribution in [3.05, 3.63) is 28.8 Å². The van der Waals surface area contributed by atoms with Crippen molar-refractivity contribution in [1.82, 2.24) is 5.32 Å². The van der Waals surface area contributed by atoms with Crippen molar-refractivity contribution in [3.63, 3.8) is 0 Å². The molecule has 1 aliphatic carbocycles. The summed E-state index contributed by atoms with van der Waals surface area (Å²) in [4.78, 5) is 34.8. The molecule has 2 amide bonds. The molecular weight excluding hydrogens is 308 g/mol. The molecule has 0 bridgehead atoms. The monoisotopic (exact) mass is 324 g/mol. The van der Waals surface area contributed by atoms with Crippen molar-refractivity contribution in [2.24, 2.45) is 5.41 Å². The molecule has 1 saturated carbocycles. The molecule has 0 radical (unpaired) electrons. The van der Waals surface area contributed by atoms with E-state index in [9.17, 15) is 19.5 Å². The minimum atomic E-state index is -0.935. The lowest BCUT2D eigenvalue weighted by molar-refractivity contribution is -0.157. The van der Waals surface area contributed by atoms with Gasteiger partial charge >= 0.3 is 5.97 Å². The second kappa shape index (κ2) is 6.36. The second-order valence-electron chi connectivity index (χ2n) is 5.44. The van der Waals surface area contributed by atoms with Gasteiger partial charge in [-0.1, -0.05) is 18.0 Å². The van der Waals surface area contributed by atoms with Crippen LogP contribution in [0.25, 0.3) is 0 Å². The Kier molecular flexibility index (Phi) is 4.71. The lowest BCUT2D eigenvalue weighted by Crippen LogP contribution is -2.41. The Morgan fingerprint density at radius 1 is 1.32 bits per heavy atom. The smallest absolute Gasteiger partial charge is 0.310 e. The number of hydrogen-bond donors (Lipinski definition) is 3. The highest BCUT2D eigenvalue weighted by atomic mass is 35.5. The highest BCUT2D eigenvalue weighted by Gasteiger charge is 2.45. The predicted molar refractivity (Wildman–Crippen MR) is 82.0 cm³/mol. The summed E-state index contributed by atoms with van der Waals surface area (Å²) in [6, 6.07) is 4.54. The zero-order chi connectivity index (χ0) is 16.3. The summed E-state index contributed by atoms with van der Waals surface area (Å²) in [5, 5.41) is 14.5. The fourth-order valence-electron chi connectivity index (χ4n) is 2.49. The van der Waals surface area contributed by atoms with Gasteiger partial charge in [0.05, 0.1) is 16.0 Å².